The molecule has 0 aromatic heterocycles. The maximum atomic E-state index is 14.3. The van der Waals surface area contributed by atoms with E-state index in [1.807, 2.05) is 18.2 Å². The van der Waals surface area contributed by atoms with Gasteiger partial charge in [0.2, 0.25) is 15.9 Å². The van der Waals surface area contributed by atoms with E-state index < -0.39 is 21.9 Å². The Hall–Kier alpha value is -2.45. The van der Waals surface area contributed by atoms with Crippen molar-refractivity contribution in [1.82, 2.24) is 9.80 Å². The van der Waals surface area contributed by atoms with Crippen molar-refractivity contribution < 1.29 is 17.6 Å². The van der Waals surface area contributed by atoms with Crippen LogP contribution in [0.1, 0.15) is 12.5 Å². The zero-order valence-corrected chi connectivity index (χ0v) is 17.5. The molecule has 1 saturated heterocycles. The summed E-state index contributed by atoms with van der Waals surface area (Å²) < 4.78 is 39.8. The molecule has 8 heteroatoms. The number of carbonyl (C=O) groups excluding carboxylic acids is 1. The van der Waals surface area contributed by atoms with Gasteiger partial charge in [-0.3, -0.25) is 14.0 Å². The van der Waals surface area contributed by atoms with Crippen LogP contribution in [0, 0.1) is 5.82 Å². The van der Waals surface area contributed by atoms with Gasteiger partial charge < -0.3 is 4.90 Å². The van der Waals surface area contributed by atoms with E-state index in [4.69, 9.17) is 0 Å². The lowest BCUT2D eigenvalue weighted by molar-refractivity contribution is -0.133. The first-order chi connectivity index (χ1) is 13.8. The Morgan fingerprint density at radius 1 is 1.03 bits per heavy atom. The molecule has 6 nitrogen and oxygen atoms in total. The van der Waals surface area contributed by atoms with Crippen molar-refractivity contribution in [2.45, 2.75) is 19.5 Å². The van der Waals surface area contributed by atoms with Gasteiger partial charge in [-0.2, -0.15) is 0 Å². The van der Waals surface area contributed by atoms with Crippen molar-refractivity contribution in [2.24, 2.45) is 0 Å². The zero-order chi connectivity index (χ0) is 21.0. The molecule has 0 spiro atoms. The van der Waals surface area contributed by atoms with Crippen molar-refractivity contribution >= 4 is 21.6 Å². The number of halogens is 1. The van der Waals surface area contributed by atoms with Gasteiger partial charge in [0.25, 0.3) is 0 Å². The molecular weight excluding hydrogens is 393 g/mol. The van der Waals surface area contributed by atoms with Crippen LogP contribution in [0.5, 0.6) is 0 Å². The van der Waals surface area contributed by atoms with Crippen LogP contribution in [-0.4, -0.2) is 62.6 Å². The molecule has 1 aliphatic heterocycles. The second-order valence-corrected chi connectivity index (χ2v) is 9.13. The fourth-order valence-corrected chi connectivity index (χ4v) is 4.81. The summed E-state index contributed by atoms with van der Waals surface area (Å²) in [7, 11) is -3.84. The van der Waals surface area contributed by atoms with E-state index in [0.717, 1.165) is 17.1 Å². The van der Waals surface area contributed by atoms with Gasteiger partial charge in [0.05, 0.1) is 11.9 Å². The monoisotopic (exact) mass is 419 g/mol. The predicted octanol–water partition coefficient (Wildman–Crippen LogP) is 2.32. The Morgan fingerprint density at radius 2 is 1.62 bits per heavy atom. The number of amides is 1. The normalized spacial score (nSPS) is 16.4. The molecule has 3 rings (SSSR count). The molecule has 1 fully saturated rings. The van der Waals surface area contributed by atoms with Crippen LogP contribution in [0.25, 0.3) is 0 Å². The highest BCUT2D eigenvalue weighted by atomic mass is 32.2. The van der Waals surface area contributed by atoms with E-state index in [9.17, 15) is 17.6 Å². The standard InChI is InChI=1S/C21H26FN3O3S/c1-17(25(29(2,27)28)20-11-7-6-10-19(20)22)21(26)24-14-12-23(13-15-24)16-18-8-4-3-5-9-18/h3-11,17H,12-16H2,1-2H3/t17-/m1/s1. The van der Waals surface area contributed by atoms with Gasteiger partial charge in [-0.1, -0.05) is 42.5 Å². The number of piperazine rings is 1. The Morgan fingerprint density at radius 3 is 2.21 bits per heavy atom. The van der Waals surface area contributed by atoms with Gasteiger partial charge in [0.15, 0.2) is 0 Å². The summed E-state index contributed by atoms with van der Waals surface area (Å²) in [6, 6.07) is 14.7. The third kappa shape index (κ3) is 5.13. The molecule has 29 heavy (non-hydrogen) atoms. The SMILES string of the molecule is C[C@H](C(=O)N1CCN(Cc2ccccc2)CC1)N(c1ccccc1F)S(C)(=O)=O. The lowest BCUT2D eigenvalue weighted by atomic mass is 10.2. The number of carbonyl (C=O) groups is 1. The summed E-state index contributed by atoms with van der Waals surface area (Å²) in [6.07, 6.45) is 0.987. The third-order valence-electron chi connectivity index (χ3n) is 5.09. The van der Waals surface area contributed by atoms with Crippen LogP contribution < -0.4 is 4.31 Å². The number of benzene rings is 2. The Balaban J connectivity index is 1.68. The van der Waals surface area contributed by atoms with Gasteiger partial charge in [-0.25, -0.2) is 12.8 Å². The largest absolute Gasteiger partial charge is 0.338 e. The van der Waals surface area contributed by atoms with Gasteiger partial charge >= 0.3 is 0 Å². The summed E-state index contributed by atoms with van der Waals surface area (Å²) in [5, 5.41) is 0. The summed E-state index contributed by atoms with van der Waals surface area (Å²) in [5.74, 6) is -0.997. The number of hydrogen-bond acceptors (Lipinski definition) is 4. The summed E-state index contributed by atoms with van der Waals surface area (Å²) in [4.78, 5) is 16.9. The average Bonchev–Trinajstić information content (AvgIpc) is 2.69. The molecule has 0 saturated carbocycles. The van der Waals surface area contributed by atoms with Crippen LogP contribution in [0.15, 0.2) is 54.6 Å². The predicted molar refractivity (Wildman–Crippen MR) is 111 cm³/mol. The van der Waals surface area contributed by atoms with E-state index in [1.54, 1.807) is 11.0 Å². The molecule has 0 bridgehead atoms. The van der Waals surface area contributed by atoms with Gasteiger partial charge in [0.1, 0.15) is 11.9 Å². The summed E-state index contributed by atoms with van der Waals surface area (Å²) >= 11 is 0. The number of sulfonamides is 1. The first-order valence-corrected chi connectivity index (χ1v) is 11.4. The van der Waals surface area contributed by atoms with Crippen LogP contribution in [-0.2, 0) is 21.4 Å². The van der Waals surface area contributed by atoms with Crippen molar-refractivity contribution in [3.05, 3.63) is 66.0 Å². The molecule has 1 atom stereocenters. The number of para-hydroxylation sites is 1. The lowest BCUT2D eigenvalue weighted by Crippen LogP contribution is -2.55. The quantitative estimate of drug-likeness (QED) is 0.721. The minimum absolute atomic E-state index is 0.112. The van der Waals surface area contributed by atoms with Crippen LogP contribution >= 0.6 is 0 Å². The number of nitrogens with zero attached hydrogens (tertiary/aromatic N) is 3. The second kappa shape index (κ2) is 8.92. The van der Waals surface area contributed by atoms with Crippen molar-refractivity contribution in [3.63, 3.8) is 0 Å². The molecule has 1 amide bonds. The molecule has 2 aromatic carbocycles. The van der Waals surface area contributed by atoms with Gasteiger partial charge in [0, 0.05) is 32.7 Å². The molecule has 1 heterocycles. The fourth-order valence-electron chi connectivity index (χ4n) is 3.64. The third-order valence-corrected chi connectivity index (χ3v) is 6.32. The summed E-state index contributed by atoms with van der Waals surface area (Å²) in [6.45, 7) is 4.73. The molecule has 0 aliphatic carbocycles. The highest BCUT2D eigenvalue weighted by Crippen LogP contribution is 2.25. The van der Waals surface area contributed by atoms with E-state index in [-0.39, 0.29) is 11.6 Å². The Bertz CT molecular complexity index is 945. The van der Waals surface area contributed by atoms with E-state index in [0.29, 0.717) is 26.2 Å². The number of anilines is 1. The van der Waals surface area contributed by atoms with Crippen LogP contribution in [0.3, 0.4) is 0 Å². The summed E-state index contributed by atoms with van der Waals surface area (Å²) in [5.41, 5.74) is 1.10. The molecule has 2 aromatic rings. The second-order valence-electron chi connectivity index (χ2n) is 7.27. The van der Waals surface area contributed by atoms with Crippen LogP contribution in [0.2, 0.25) is 0 Å². The highest BCUT2D eigenvalue weighted by molar-refractivity contribution is 7.92. The van der Waals surface area contributed by atoms with Gasteiger partial charge in [-0.15, -0.1) is 0 Å². The molecular formula is C21H26FN3O3S. The van der Waals surface area contributed by atoms with Gasteiger partial charge in [-0.05, 0) is 24.6 Å². The lowest BCUT2D eigenvalue weighted by Gasteiger charge is -2.38. The van der Waals surface area contributed by atoms with E-state index in [1.165, 1.54) is 30.7 Å². The van der Waals surface area contributed by atoms with E-state index >= 15 is 0 Å². The molecule has 156 valence electrons. The van der Waals surface area contributed by atoms with E-state index in [2.05, 4.69) is 17.0 Å². The maximum Gasteiger partial charge on any atom is 0.246 e. The fraction of sp³-hybridized carbons (Fsp3) is 0.381. The maximum absolute atomic E-state index is 14.3. The Labute approximate surface area is 171 Å². The topological polar surface area (TPSA) is 60.9 Å². The molecule has 0 N–H and O–H groups in total. The first kappa shape index (κ1) is 21.3. The highest BCUT2D eigenvalue weighted by Gasteiger charge is 2.34. The average molecular weight is 420 g/mol. The smallest absolute Gasteiger partial charge is 0.246 e. The first-order valence-electron chi connectivity index (χ1n) is 9.56. The minimum atomic E-state index is -3.84. The zero-order valence-electron chi connectivity index (χ0n) is 16.7. The minimum Gasteiger partial charge on any atom is -0.338 e. The Kier molecular flexibility index (Phi) is 6.54. The van der Waals surface area contributed by atoms with Crippen molar-refractivity contribution in [2.75, 3.05) is 36.7 Å². The molecule has 0 unspecified atom stereocenters. The van der Waals surface area contributed by atoms with Crippen LogP contribution in [0.4, 0.5) is 10.1 Å². The van der Waals surface area contributed by atoms with Crippen molar-refractivity contribution in [1.29, 1.82) is 0 Å². The number of rotatable bonds is 6. The number of hydrogen-bond donors (Lipinski definition) is 0. The van der Waals surface area contributed by atoms with Crippen molar-refractivity contribution in [3.8, 4) is 0 Å². The molecule has 1 aliphatic rings. The molecule has 0 radical (unpaired) electrons.